The zero-order valence-corrected chi connectivity index (χ0v) is 14.9. The average Bonchev–Trinajstić information content (AvgIpc) is 2.62. The van der Waals surface area contributed by atoms with E-state index in [1.165, 1.54) is 0 Å². The Balaban J connectivity index is 1.69. The van der Waals surface area contributed by atoms with Gasteiger partial charge in [0.2, 0.25) is 10.0 Å². The fraction of sp³-hybridized carbons (Fsp3) is 0.143. The first-order chi connectivity index (χ1) is 12.0. The molecule has 3 nitrogen and oxygen atoms in total. The number of hydrogen-bond donors (Lipinski definition) is 1. The lowest BCUT2D eigenvalue weighted by atomic mass is 10.0. The van der Waals surface area contributed by atoms with Crippen LogP contribution in [0.15, 0.2) is 84.9 Å². The zero-order valence-electron chi connectivity index (χ0n) is 14.1. The molecule has 0 spiro atoms. The van der Waals surface area contributed by atoms with E-state index in [1.54, 1.807) is 0 Å². The first-order valence-corrected chi connectivity index (χ1v) is 9.88. The molecule has 1 N–H and O–H groups in total. The summed E-state index contributed by atoms with van der Waals surface area (Å²) < 4.78 is 27.5. The molecule has 0 aliphatic heterocycles. The van der Waals surface area contributed by atoms with Crippen LogP contribution in [0.1, 0.15) is 24.1 Å². The maximum absolute atomic E-state index is 12.4. The lowest BCUT2D eigenvalue weighted by Crippen LogP contribution is -2.28. The molecule has 3 aromatic carbocycles. The van der Waals surface area contributed by atoms with Crippen molar-refractivity contribution in [3.8, 4) is 11.1 Å². The molecule has 0 heterocycles. The van der Waals surface area contributed by atoms with Crippen LogP contribution in [-0.4, -0.2) is 8.42 Å². The monoisotopic (exact) mass is 351 g/mol. The van der Waals surface area contributed by atoms with Crippen LogP contribution in [0.25, 0.3) is 11.1 Å². The van der Waals surface area contributed by atoms with Crippen LogP contribution in [0.2, 0.25) is 0 Å². The number of benzene rings is 3. The van der Waals surface area contributed by atoms with E-state index in [4.69, 9.17) is 0 Å². The number of sulfonamides is 1. The molecule has 128 valence electrons. The summed E-state index contributed by atoms with van der Waals surface area (Å²) in [5.41, 5.74) is 3.98. The van der Waals surface area contributed by atoms with Gasteiger partial charge in [0.1, 0.15) is 0 Å². The molecular formula is C21H21NO2S. The Kier molecular flexibility index (Phi) is 5.31. The maximum Gasteiger partial charge on any atom is 0.216 e. The van der Waals surface area contributed by atoms with Gasteiger partial charge in [-0.3, -0.25) is 0 Å². The highest BCUT2D eigenvalue weighted by atomic mass is 32.2. The van der Waals surface area contributed by atoms with Gasteiger partial charge in [-0.2, -0.15) is 0 Å². The van der Waals surface area contributed by atoms with E-state index in [0.29, 0.717) is 0 Å². The second-order valence-corrected chi connectivity index (χ2v) is 7.83. The fourth-order valence-electron chi connectivity index (χ4n) is 2.77. The van der Waals surface area contributed by atoms with Crippen LogP contribution in [0.4, 0.5) is 0 Å². The Bertz CT molecular complexity index is 905. The van der Waals surface area contributed by atoms with E-state index < -0.39 is 10.0 Å². The van der Waals surface area contributed by atoms with Crippen molar-refractivity contribution in [1.82, 2.24) is 4.72 Å². The van der Waals surface area contributed by atoms with Crippen molar-refractivity contribution < 1.29 is 8.42 Å². The second kappa shape index (κ2) is 7.64. The van der Waals surface area contributed by atoms with Crippen molar-refractivity contribution in [2.45, 2.75) is 18.7 Å². The van der Waals surface area contributed by atoms with Crippen molar-refractivity contribution in [1.29, 1.82) is 0 Å². The van der Waals surface area contributed by atoms with Gasteiger partial charge in [-0.1, -0.05) is 84.9 Å². The number of nitrogens with one attached hydrogen (secondary N) is 1. The molecule has 0 aliphatic rings. The van der Waals surface area contributed by atoms with E-state index in [9.17, 15) is 8.42 Å². The third-order valence-corrected chi connectivity index (χ3v) is 5.50. The van der Waals surface area contributed by atoms with Gasteiger partial charge in [-0.25, -0.2) is 13.1 Å². The molecule has 0 aliphatic carbocycles. The Morgan fingerprint density at radius 1 is 0.760 bits per heavy atom. The highest BCUT2D eigenvalue weighted by Crippen LogP contribution is 2.22. The molecule has 0 saturated carbocycles. The normalized spacial score (nSPS) is 12.7. The SMILES string of the molecule is C[C@H](NS(=O)(=O)Cc1ccccc1)c1ccc(-c2ccccc2)cc1. The van der Waals surface area contributed by atoms with E-state index in [0.717, 1.165) is 22.3 Å². The Morgan fingerprint density at radius 3 is 1.88 bits per heavy atom. The maximum atomic E-state index is 12.4. The molecule has 0 unspecified atom stereocenters. The molecule has 0 aromatic heterocycles. The van der Waals surface area contributed by atoms with Crippen molar-refractivity contribution in [3.63, 3.8) is 0 Å². The standard InChI is InChI=1S/C21H21NO2S/c1-17(22-25(23,24)16-18-8-4-2-5-9-18)19-12-14-21(15-13-19)20-10-6-3-7-11-20/h2-15,17,22H,16H2,1H3/t17-/m0/s1. The summed E-state index contributed by atoms with van der Waals surface area (Å²) in [6.45, 7) is 1.86. The lowest BCUT2D eigenvalue weighted by molar-refractivity contribution is 0.566. The minimum atomic E-state index is -3.39. The van der Waals surface area contributed by atoms with Gasteiger partial charge >= 0.3 is 0 Å². The van der Waals surface area contributed by atoms with Crippen LogP contribution in [-0.2, 0) is 15.8 Å². The highest BCUT2D eigenvalue weighted by Gasteiger charge is 2.16. The third-order valence-electron chi connectivity index (χ3n) is 4.07. The first-order valence-electron chi connectivity index (χ1n) is 8.23. The molecule has 0 saturated heterocycles. The molecule has 0 amide bonds. The van der Waals surface area contributed by atoms with Gasteiger partial charge < -0.3 is 0 Å². The topological polar surface area (TPSA) is 46.2 Å². The second-order valence-electron chi connectivity index (χ2n) is 6.07. The van der Waals surface area contributed by atoms with Crippen LogP contribution >= 0.6 is 0 Å². The summed E-state index contributed by atoms with van der Waals surface area (Å²) >= 11 is 0. The van der Waals surface area contributed by atoms with E-state index in [1.807, 2.05) is 79.7 Å². The summed E-state index contributed by atoms with van der Waals surface area (Å²) in [6.07, 6.45) is 0. The summed E-state index contributed by atoms with van der Waals surface area (Å²) in [5, 5.41) is 0. The summed E-state index contributed by atoms with van der Waals surface area (Å²) in [6, 6.07) is 27.0. The van der Waals surface area contributed by atoms with Crippen molar-refractivity contribution in [2.24, 2.45) is 0 Å². The molecule has 1 atom stereocenters. The van der Waals surface area contributed by atoms with E-state index >= 15 is 0 Å². The molecule has 0 bridgehead atoms. The van der Waals surface area contributed by atoms with E-state index in [-0.39, 0.29) is 11.8 Å². The first kappa shape index (κ1) is 17.4. The van der Waals surface area contributed by atoms with E-state index in [2.05, 4.69) is 16.9 Å². The molecule has 0 radical (unpaired) electrons. The summed E-state index contributed by atoms with van der Waals surface area (Å²) in [4.78, 5) is 0. The average molecular weight is 351 g/mol. The Hall–Kier alpha value is -2.43. The van der Waals surface area contributed by atoms with Gasteiger partial charge in [-0.15, -0.1) is 0 Å². The third kappa shape index (κ3) is 4.78. The predicted molar refractivity (Wildman–Crippen MR) is 102 cm³/mol. The largest absolute Gasteiger partial charge is 0.216 e. The minimum Gasteiger partial charge on any atom is -0.212 e. The predicted octanol–water partition coefficient (Wildman–Crippen LogP) is 4.53. The van der Waals surface area contributed by atoms with Gasteiger partial charge in [-0.05, 0) is 29.2 Å². The number of rotatable bonds is 6. The van der Waals surface area contributed by atoms with Crippen LogP contribution in [0, 0.1) is 0 Å². The lowest BCUT2D eigenvalue weighted by Gasteiger charge is -2.15. The van der Waals surface area contributed by atoms with Gasteiger partial charge in [0, 0.05) is 6.04 Å². The molecule has 3 aromatic rings. The van der Waals surface area contributed by atoms with Crippen molar-refractivity contribution >= 4 is 10.0 Å². The molecule has 4 heteroatoms. The molecular weight excluding hydrogens is 330 g/mol. The minimum absolute atomic E-state index is 0.0136. The summed E-state index contributed by atoms with van der Waals surface area (Å²) in [7, 11) is -3.39. The van der Waals surface area contributed by atoms with Crippen LogP contribution in [0.3, 0.4) is 0 Å². The quantitative estimate of drug-likeness (QED) is 0.709. The highest BCUT2D eigenvalue weighted by molar-refractivity contribution is 7.88. The Morgan fingerprint density at radius 2 is 1.28 bits per heavy atom. The Labute approximate surface area is 149 Å². The molecule has 0 fully saturated rings. The zero-order chi connectivity index (χ0) is 17.7. The summed E-state index contributed by atoms with van der Waals surface area (Å²) in [5.74, 6) is -0.0136. The van der Waals surface area contributed by atoms with Gasteiger partial charge in [0.05, 0.1) is 5.75 Å². The van der Waals surface area contributed by atoms with Crippen molar-refractivity contribution in [2.75, 3.05) is 0 Å². The van der Waals surface area contributed by atoms with Crippen molar-refractivity contribution in [3.05, 3.63) is 96.1 Å². The van der Waals surface area contributed by atoms with Crippen LogP contribution < -0.4 is 4.72 Å². The number of hydrogen-bond acceptors (Lipinski definition) is 2. The van der Waals surface area contributed by atoms with Gasteiger partial charge in [0.15, 0.2) is 0 Å². The molecule has 25 heavy (non-hydrogen) atoms. The van der Waals surface area contributed by atoms with Gasteiger partial charge in [0.25, 0.3) is 0 Å². The smallest absolute Gasteiger partial charge is 0.212 e. The fourth-order valence-corrected chi connectivity index (χ4v) is 4.16. The molecule has 3 rings (SSSR count). The van der Waals surface area contributed by atoms with Crippen LogP contribution in [0.5, 0.6) is 0 Å².